The van der Waals surface area contributed by atoms with Crippen molar-refractivity contribution >= 4 is 69.2 Å². The fourth-order valence-electron chi connectivity index (χ4n) is 6.46. The maximum atomic E-state index is 11.5. The fourth-order valence-corrected chi connectivity index (χ4v) is 22.3. The van der Waals surface area contributed by atoms with Gasteiger partial charge in [-0.2, -0.15) is 0 Å². The molecule has 0 aromatic carbocycles. The second-order valence-electron chi connectivity index (χ2n) is 14.7. The van der Waals surface area contributed by atoms with E-state index in [1.54, 1.807) is 46.4 Å². The van der Waals surface area contributed by atoms with E-state index in [9.17, 15) is 19.2 Å². The van der Waals surface area contributed by atoms with Gasteiger partial charge in [0.25, 0.3) is 0 Å². The summed E-state index contributed by atoms with van der Waals surface area (Å²) >= 11 is 8.68. The van der Waals surface area contributed by atoms with Crippen molar-refractivity contribution in [3.8, 4) is 22.8 Å². The monoisotopic (exact) mass is 1440 g/mol. The van der Waals surface area contributed by atoms with E-state index in [1.165, 1.54) is 116 Å². The quantitative estimate of drug-likeness (QED) is 0.0734. The van der Waals surface area contributed by atoms with Crippen LogP contribution in [0.1, 0.15) is 109 Å². The fraction of sp³-hybridized carbons (Fsp3) is 0.300. The van der Waals surface area contributed by atoms with Gasteiger partial charge in [-0.3, -0.25) is 19.9 Å². The van der Waals surface area contributed by atoms with Crippen molar-refractivity contribution in [2.75, 3.05) is 14.2 Å². The van der Waals surface area contributed by atoms with Crippen molar-refractivity contribution in [1.82, 2.24) is 54.8 Å². The molecule has 0 aliphatic heterocycles. The number of aromatic nitrogens is 11. The standard InChI is InChI=1S/C11H9N3O2.C10H7N3O2.C6H5ClN2O2.C5H3ClN2O2.C5H4N.3C4H9.CH4.Na.H2O.Sn.3Y/c1-16-11(15)10-9(13-6-7-14-10)8-4-2-3-5-12-8;14-10(15)9-8(12-5-6-13-9)7-3-1-2-4-11-7;1-11-6(10)4-5(7)9-3-2-8-4;6-4-3(5(9)10)7-1-2-8-4;1-2-4-6-5-3-1;3*1-3-4-2;;;;;;;/h2-7H,1H3;1-6H,(H,14,15);2-3H,1H3;1-2H,(H,9,10);1-4H;3*1,3-4H2,2H3;1H4;;1H2;;;;/q;;;;;;;;;+1;;;;;/p-1. The van der Waals surface area contributed by atoms with Gasteiger partial charge in [-0.05, 0) is 24.3 Å². The third-order valence-corrected chi connectivity index (χ3v) is 25.6. The van der Waals surface area contributed by atoms with Crippen LogP contribution in [0.4, 0.5) is 0 Å². The van der Waals surface area contributed by atoms with Crippen LogP contribution in [-0.4, -0.2) is 127 Å². The molecule has 7 aromatic heterocycles. The SMILES string of the molecule is C.CCC[CH2][Sn]([CH2]CCC)([CH2]CCC)[c]1ccccn1.COC(=O)c1nccnc1-c1ccccn1.COC(=O)c1nccnc1Cl.O=C(O)c1nccnc1-c1ccccn1.O=C(O)c1nccnc1Cl.[Na+].[OH-].[Y].[Y].[Y]. The molecule has 0 unspecified atom stereocenters. The zero-order valence-electron chi connectivity index (χ0n) is 43.1. The third kappa shape index (κ3) is 28.5. The molecule has 7 rings (SSSR count). The second kappa shape index (κ2) is 47.0. The Morgan fingerprint density at radius 2 is 0.805 bits per heavy atom. The van der Waals surface area contributed by atoms with Crippen molar-refractivity contribution in [2.24, 2.45) is 0 Å². The van der Waals surface area contributed by atoms with E-state index < -0.39 is 42.3 Å². The molecule has 0 saturated carbocycles. The smallest absolute Gasteiger partial charge is 0.870 e. The number of rotatable bonds is 16. The number of carbonyl (C=O) groups excluding carboxylic acids is 2. The van der Waals surface area contributed by atoms with Crippen LogP contribution in [0.5, 0.6) is 0 Å². The van der Waals surface area contributed by atoms with Gasteiger partial charge in [-0.15, -0.1) is 0 Å². The Morgan fingerprint density at radius 1 is 0.468 bits per heavy atom. The Hall–Kier alpha value is -2.70. The van der Waals surface area contributed by atoms with E-state index in [0.29, 0.717) is 17.1 Å². The molecule has 0 saturated heterocycles. The zero-order valence-corrected chi connectivity index (χ0v) is 58.0. The largest absolute Gasteiger partial charge is 1.00 e. The van der Waals surface area contributed by atoms with Crippen molar-refractivity contribution in [3.63, 3.8) is 0 Å². The molecule has 0 aliphatic rings. The summed E-state index contributed by atoms with van der Waals surface area (Å²) in [6.07, 6.45) is 24.6. The molecule has 20 nitrogen and oxygen atoms in total. The number of carboxylic acids is 2. The molecule has 0 atom stereocenters. The minimum absolute atomic E-state index is 0. The molecule has 0 bridgehead atoms. The molecule has 3 N–H and O–H groups in total. The first-order chi connectivity index (χ1) is 34.4. The molecule has 0 fully saturated rings. The van der Waals surface area contributed by atoms with Gasteiger partial charge in [0, 0.05) is 160 Å². The Bertz CT molecular complexity index is 2710. The molecule has 7 heterocycles. The van der Waals surface area contributed by atoms with Gasteiger partial charge in [0.05, 0.1) is 25.6 Å². The molecular formula is C50H60Cl2N11NaO9SnY3. The summed E-state index contributed by atoms with van der Waals surface area (Å²) in [5, 5.41) is 17.2. The van der Waals surface area contributed by atoms with Gasteiger partial charge in [-0.25, -0.2) is 49.1 Å². The minimum Gasteiger partial charge on any atom is -0.870 e. The van der Waals surface area contributed by atoms with Crippen LogP contribution in [0, 0.1) is 0 Å². The first-order valence-corrected chi connectivity index (χ1v) is 30.5. The number of halogens is 2. The van der Waals surface area contributed by atoms with E-state index in [1.807, 2.05) is 12.3 Å². The number of hydrogen-bond acceptors (Lipinski definition) is 18. The summed E-state index contributed by atoms with van der Waals surface area (Å²) in [5.74, 6) is -3.38. The maximum Gasteiger partial charge on any atom is 1.00 e. The molecule has 0 aliphatic carbocycles. The van der Waals surface area contributed by atoms with Gasteiger partial charge in [0.2, 0.25) is 0 Å². The number of carbonyl (C=O) groups is 4. The van der Waals surface area contributed by atoms with Gasteiger partial charge in [0.1, 0.15) is 11.4 Å². The van der Waals surface area contributed by atoms with Gasteiger partial charge < -0.3 is 25.2 Å². The molecule has 0 spiro atoms. The maximum absolute atomic E-state index is 11.5. The van der Waals surface area contributed by atoms with Gasteiger partial charge >= 0.3 is 178 Å². The van der Waals surface area contributed by atoms with Gasteiger partial charge in [0.15, 0.2) is 33.1 Å². The summed E-state index contributed by atoms with van der Waals surface area (Å²) in [6, 6.07) is 17.2. The molecule has 27 heteroatoms. The first-order valence-electron chi connectivity index (χ1n) is 22.3. The molecule has 397 valence electrons. The van der Waals surface area contributed by atoms with Crippen LogP contribution in [0.2, 0.25) is 23.6 Å². The third-order valence-electron chi connectivity index (χ3n) is 9.92. The normalized spacial score (nSPS) is 9.39. The Balaban J connectivity index is -0.000000431. The zero-order chi connectivity index (χ0) is 51.9. The van der Waals surface area contributed by atoms with Crippen LogP contribution in [-0.2, 0) is 108 Å². The number of pyridine rings is 3. The van der Waals surface area contributed by atoms with Crippen LogP contribution >= 0.6 is 23.2 Å². The predicted octanol–water partition coefficient (Wildman–Crippen LogP) is 6.90. The van der Waals surface area contributed by atoms with E-state index in [4.69, 9.17) is 38.4 Å². The molecule has 77 heavy (non-hydrogen) atoms. The van der Waals surface area contributed by atoms with Crippen molar-refractivity contribution < 1.29 is 172 Å². The van der Waals surface area contributed by atoms with Crippen molar-refractivity contribution in [3.05, 3.63) is 156 Å². The second-order valence-corrected chi connectivity index (χ2v) is 28.5. The van der Waals surface area contributed by atoms with E-state index in [0.717, 1.165) is 0 Å². The van der Waals surface area contributed by atoms with Crippen LogP contribution in [0.25, 0.3) is 22.8 Å². The molecule has 3 radical (unpaired) electrons. The summed E-state index contributed by atoms with van der Waals surface area (Å²) in [6.45, 7) is 6.98. The molecule has 7 aromatic rings. The number of unbranched alkanes of at least 4 members (excludes halogenated alkanes) is 3. The topological polar surface area (TPSA) is 299 Å². The summed E-state index contributed by atoms with van der Waals surface area (Å²) in [5.41, 5.74) is 1.71. The van der Waals surface area contributed by atoms with Crippen molar-refractivity contribution in [1.29, 1.82) is 0 Å². The van der Waals surface area contributed by atoms with Crippen molar-refractivity contribution in [2.45, 2.75) is 80.0 Å². The minimum atomic E-state index is -2.21. The summed E-state index contributed by atoms with van der Waals surface area (Å²) in [4.78, 5) is 86.4. The first kappa shape index (κ1) is 80.8. The number of esters is 2. The van der Waals surface area contributed by atoms with Crippen LogP contribution < -0.4 is 33.3 Å². The van der Waals surface area contributed by atoms with Gasteiger partial charge in [-0.1, -0.05) is 42.8 Å². The Kier molecular flexibility index (Phi) is 49.3. The van der Waals surface area contributed by atoms with E-state index >= 15 is 0 Å². The average Bonchev–Trinajstić information content (AvgIpc) is 3.42. The van der Waals surface area contributed by atoms with E-state index in [-0.39, 0.29) is 179 Å². The Labute approximate surface area is 561 Å². The van der Waals surface area contributed by atoms with Crippen LogP contribution in [0.15, 0.2) is 123 Å². The summed E-state index contributed by atoms with van der Waals surface area (Å²) < 4.78 is 15.1. The Morgan fingerprint density at radius 3 is 1.14 bits per heavy atom. The molecular weight excluding hydrogens is 1380 g/mol. The van der Waals surface area contributed by atoms with Crippen LogP contribution in [0.3, 0.4) is 0 Å². The number of ether oxygens (including phenoxy) is 2. The number of hydrogen-bond donors (Lipinski definition) is 2. The number of carboxylic acid groups (broad SMARTS) is 2. The number of aromatic carboxylic acids is 2. The van der Waals surface area contributed by atoms with E-state index in [2.05, 4.69) is 98.3 Å². The average molecular weight is 1440 g/mol. The predicted molar refractivity (Wildman–Crippen MR) is 279 cm³/mol. The number of methoxy groups -OCH3 is 2. The molecule has 0 amide bonds. The summed E-state index contributed by atoms with van der Waals surface area (Å²) in [7, 11) is 2.56. The number of nitrogens with zero attached hydrogens (tertiary/aromatic N) is 11.